The number of pyridine rings is 3. The number of hydrogen-bond donors (Lipinski definition) is 0. The van der Waals surface area contributed by atoms with E-state index in [0.717, 1.165) is 50.6 Å². The lowest BCUT2D eigenvalue weighted by Crippen LogP contribution is -1.98. The van der Waals surface area contributed by atoms with Gasteiger partial charge >= 0.3 is 0 Å². The molecule has 33 heavy (non-hydrogen) atoms. The molecule has 0 spiro atoms. The number of nitrogens with zero attached hydrogens (tertiary/aromatic N) is 5. The van der Waals surface area contributed by atoms with Gasteiger partial charge in [0, 0.05) is 47.2 Å². The second-order valence-corrected chi connectivity index (χ2v) is 7.70. The van der Waals surface area contributed by atoms with Gasteiger partial charge in [-0.1, -0.05) is 42.5 Å². The fourth-order valence-electron chi connectivity index (χ4n) is 3.98. The number of hydrogen-bond acceptors (Lipinski definition) is 4. The molecule has 0 bridgehead atoms. The van der Waals surface area contributed by atoms with Gasteiger partial charge in [0.1, 0.15) is 5.69 Å². The molecule has 0 saturated heterocycles. The van der Waals surface area contributed by atoms with E-state index in [0.29, 0.717) is 0 Å². The second kappa shape index (κ2) is 8.13. The molecule has 0 aliphatic heterocycles. The summed E-state index contributed by atoms with van der Waals surface area (Å²) in [5.41, 5.74) is 7.77. The zero-order valence-electron chi connectivity index (χ0n) is 17.7. The first kappa shape index (κ1) is 19.1. The number of benzene rings is 2. The van der Waals surface area contributed by atoms with Crippen LogP contribution in [-0.4, -0.2) is 24.5 Å². The number of fused-ring (bicyclic) bond motifs is 1. The lowest BCUT2D eigenvalue weighted by Gasteiger charge is -2.09. The van der Waals surface area contributed by atoms with Crippen molar-refractivity contribution in [1.29, 1.82) is 0 Å². The predicted molar refractivity (Wildman–Crippen MR) is 131 cm³/mol. The highest BCUT2D eigenvalue weighted by Gasteiger charge is 2.15. The summed E-state index contributed by atoms with van der Waals surface area (Å²) in [6.45, 7) is 0. The second-order valence-electron chi connectivity index (χ2n) is 7.70. The van der Waals surface area contributed by atoms with Crippen LogP contribution < -0.4 is 0 Å². The summed E-state index contributed by atoms with van der Waals surface area (Å²) in [7, 11) is 0. The highest BCUT2D eigenvalue weighted by molar-refractivity contribution is 5.82. The fourth-order valence-corrected chi connectivity index (χ4v) is 3.98. The Labute approximate surface area is 191 Å². The van der Waals surface area contributed by atoms with Crippen LogP contribution in [0.5, 0.6) is 0 Å². The average molecular weight is 425 g/mol. The van der Waals surface area contributed by atoms with Gasteiger partial charge in [0.25, 0.3) is 0 Å². The summed E-state index contributed by atoms with van der Waals surface area (Å²) in [6.07, 6.45) is 7.33. The van der Waals surface area contributed by atoms with Gasteiger partial charge in [0.2, 0.25) is 0 Å². The Hall–Kier alpha value is -4.64. The third kappa shape index (κ3) is 3.55. The summed E-state index contributed by atoms with van der Waals surface area (Å²) in [5, 5.41) is 0. The maximum atomic E-state index is 4.89. The van der Waals surface area contributed by atoms with Crippen molar-refractivity contribution in [2.24, 2.45) is 0 Å². The molecular formula is C28H19N5. The molecule has 6 aromatic rings. The Bertz CT molecular complexity index is 1520. The van der Waals surface area contributed by atoms with Gasteiger partial charge in [-0.05, 0) is 48.5 Å². The Balaban J connectivity index is 1.38. The predicted octanol–water partition coefficient (Wildman–Crippen LogP) is 6.21. The maximum absolute atomic E-state index is 4.89. The SMILES string of the molecule is c1ccc(-n2c(-c3ccc(-c4ccc(-c5cccnc5)cn4)cn3)nc3ccccc32)cc1. The standard InChI is InChI=1S/C28H19N5/c1-2-8-23(9-3-1)33-27-11-5-4-10-25(27)32-28(33)26-15-13-22(19-31-26)24-14-12-21(18-30-24)20-7-6-16-29-17-20/h1-19H. The van der Waals surface area contributed by atoms with Crippen LogP contribution in [0.1, 0.15) is 0 Å². The third-order valence-corrected chi connectivity index (χ3v) is 5.62. The zero-order valence-corrected chi connectivity index (χ0v) is 17.7. The van der Waals surface area contributed by atoms with Crippen molar-refractivity contribution in [3.05, 3.63) is 116 Å². The molecule has 5 nitrogen and oxygen atoms in total. The number of rotatable bonds is 4. The molecule has 4 heterocycles. The highest BCUT2D eigenvalue weighted by atomic mass is 15.1. The van der Waals surface area contributed by atoms with E-state index in [2.05, 4.69) is 38.8 Å². The van der Waals surface area contributed by atoms with E-state index < -0.39 is 0 Å². The van der Waals surface area contributed by atoms with E-state index >= 15 is 0 Å². The van der Waals surface area contributed by atoms with Crippen LogP contribution >= 0.6 is 0 Å². The molecular weight excluding hydrogens is 406 g/mol. The molecule has 0 N–H and O–H groups in total. The minimum Gasteiger partial charge on any atom is -0.291 e. The van der Waals surface area contributed by atoms with E-state index in [-0.39, 0.29) is 0 Å². The van der Waals surface area contributed by atoms with Crippen molar-refractivity contribution in [3.63, 3.8) is 0 Å². The normalized spacial score (nSPS) is 11.0. The van der Waals surface area contributed by atoms with Crippen molar-refractivity contribution < 1.29 is 0 Å². The van der Waals surface area contributed by atoms with Crippen LogP contribution in [0.3, 0.4) is 0 Å². The summed E-state index contributed by atoms with van der Waals surface area (Å²) in [6, 6.07) is 30.5. The van der Waals surface area contributed by atoms with E-state index in [4.69, 9.17) is 9.97 Å². The minimum absolute atomic E-state index is 0.811. The summed E-state index contributed by atoms with van der Waals surface area (Å²) in [5.74, 6) is 0.814. The Morgan fingerprint density at radius 3 is 2.03 bits per heavy atom. The first-order valence-corrected chi connectivity index (χ1v) is 10.7. The summed E-state index contributed by atoms with van der Waals surface area (Å²) >= 11 is 0. The molecule has 5 heteroatoms. The first-order chi connectivity index (χ1) is 16.4. The molecule has 0 radical (unpaired) electrons. The van der Waals surface area contributed by atoms with E-state index in [1.165, 1.54) is 0 Å². The van der Waals surface area contributed by atoms with Crippen LogP contribution in [0.2, 0.25) is 0 Å². The highest BCUT2D eigenvalue weighted by Crippen LogP contribution is 2.29. The van der Waals surface area contributed by atoms with E-state index in [1.54, 1.807) is 6.20 Å². The van der Waals surface area contributed by atoms with Gasteiger partial charge in [0.05, 0.1) is 16.7 Å². The molecule has 0 amide bonds. The molecule has 156 valence electrons. The van der Waals surface area contributed by atoms with Crippen molar-refractivity contribution >= 4 is 11.0 Å². The average Bonchev–Trinajstić information content (AvgIpc) is 3.30. The van der Waals surface area contributed by atoms with Crippen molar-refractivity contribution in [1.82, 2.24) is 24.5 Å². The summed E-state index contributed by atoms with van der Waals surface area (Å²) in [4.78, 5) is 18.5. The van der Waals surface area contributed by atoms with Crippen LogP contribution in [0.4, 0.5) is 0 Å². The molecule has 6 rings (SSSR count). The maximum Gasteiger partial charge on any atom is 0.164 e. The molecule has 0 atom stereocenters. The topological polar surface area (TPSA) is 56.5 Å². The van der Waals surface area contributed by atoms with E-state index in [9.17, 15) is 0 Å². The van der Waals surface area contributed by atoms with Gasteiger partial charge in [-0.15, -0.1) is 0 Å². The lowest BCUT2D eigenvalue weighted by molar-refractivity contribution is 1.08. The number of aromatic nitrogens is 5. The number of imidazole rings is 1. The zero-order chi connectivity index (χ0) is 22.0. The Morgan fingerprint density at radius 2 is 1.27 bits per heavy atom. The minimum atomic E-state index is 0.811. The largest absolute Gasteiger partial charge is 0.291 e. The lowest BCUT2D eigenvalue weighted by atomic mass is 10.1. The fraction of sp³-hybridized carbons (Fsp3) is 0. The van der Waals surface area contributed by atoms with Crippen LogP contribution in [-0.2, 0) is 0 Å². The van der Waals surface area contributed by atoms with Crippen molar-refractivity contribution in [3.8, 4) is 39.6 Å². The summed E-state index contributed by atoms with van der Waals surface area (Å²) < 4.78 is 2.15. The third-order valence-electron chi connectivity index (χ3n) is 5.62. The van der Waals surface area contributed by atoms with Gasteiger partial charge in [-0.3, -0.25) is 19.5 Å². The van der Waals surface area contributed by atoms with Crippen molar-refractivity contribution in [2.75, 3.05) is 0 Å². The quantitative estimate of drug-likeness (QED) is 0.337. The van der Waals surface area contributed by atoms with Gasteiger partial charge < -0.3 is 0 Å². The van der Waals surface area contributed by atoms with Gasteiger partial charge in [-0.25, -0.2) is 4.98 Å². The van der Waals surface area contributed by atoms with Crippen LogP contribution in [0.25, 0.3) is 50.6 Å². The molecule has 0 aliphatic carbocycles. The van der Waals surface area contributed by atoms with E-state index in [1.807, 2.05) is 85.3 Å². The van der Waals surface area contributed by atoms with Crippen LogP contribution in [0.15, 0.2) is 116 Å². The van der Waals surface area contributed by atoms with Crippen LogP contribution in [0, 0.1) is 0 Å². The Kier molecular flexibility index (Phi) is 4.70. The number of para-hydroxylation sites is 3. The molecule has 2 aromatic carbocycles. The molecule has 0 saturated carbocycles. The van der Waals surface area contributed by atoms with Gasteiger partial charge in [0.15, 0.2) is 5.82 Å². The Morgan fingerprint density at radius 1 is 0.545 bits per heavy atom. The molecule has 0 aliphatic rings. The first-order valence-electron chi connectivity index (χ1n) is 10.7. The van der Waals surface area contributed by atoms with Gasteiger partial charge in [-0.2, -0.15) is 0 Å². The smallest absolute Gasteiger partial charge is 0.164 e. The molecule has 0 unspecified atom stereocenters. The monoisotopic (exact) mass is 425 g/mol. The molecule has 4 aromatic heterocycles. The van der Waals surface area contributed by atoms with Crippen molar-refractivity contribution in [2.45, 2.75) is 0 Å². The molecule has 0 fully saturated rings.